The number of rotatable bonds is 5. The fourth-order valence-electron chi connectivity index (χ4n) is 2.68. The van der Waals surface area contributed by atoms with Crippen molar-refractivity contribution in [3.05, 3.63) is 69.8 Å². The predicted octanol–water partition coefficient (Wildman–Crippen LogP) is 3.77. The fourth-order valence-corrected chi connectivity index (χ4v) is 2.68. The molecule has 0 amide bonds. The van der Waals surface area contributed by atoms with Crippen LogP contribution in [0.15, 0.2) is 58.9 Å². The van der Waals surface area contributed by atoms with Crippen LogP contribution in [0.5, 0.6) is 0 Å². The lowest BCUT2D eigenvalue weighted by Crippen LogP contribution is -2.09. The minimum atomic E-state index is -1.00. The van der Waals surface area contributed by atoms with Gasteiger partial charge in [0.05, 0.1) is 10.6 Å². The van der Waals surface area contributed by atoms with Crippen LogP contribution < -0.4 is 0 Å². The SMILES string of the molecule is O=[N+]([O-])c1ccc(N=NN2CCCC2)c(C(O)c2ccccc2)c1. The van der Waals surface area contributed by atoms with E-state index in [1.165, 1.54) is 18.2 Å². The van der Waals surface area contributed by atoms with Gasteiger partial charge in [-0.15, -0.1) is 5.11 Å². The van der Waals surface area contributed by atoms with Gasteiger partial charge in [0.1, 0.15) is 6.10 Å². The molecule has 1 unspecified atom stereocenters. The van der Waals surface area contributed by atoms with Crippen LogP contribution in [0.25, 0.3) is 0 Å². The summed E-state index contributed by atoms with van der Waals surface area (Å²) in [6.07, 6.45) is 1.16. The molecule has 24 heavy (non-hydrogen) atoms. The topological polar surface area (TPSA) is 91.3 Å². The van der Waals surface area contributed by atoms with Crippen LogP contribution in [0.3, 0.4) is 0 Å². The first-order valence-electron chi connectivity index (χ1n) is 7.83. The maximum Gasteiger partial charge on any atom is 0.269 e. The Morgan fingerprint density at radius 1 is 1.12 bits per heavy atom. The first-order chi connectivity index (χ1) is 11.6. The Morgan fingerprint density at radius 3 is 2.50 bits per heavy atom. The van der Waals surface area contributed by atoms with Crippen molar-refractivity contribution >= 4 is 11.4 Å². The van der Waals surface area contributed by atoms with Gasteiger partial charge >= 0.3 is 0 Å². The van der Waals surface area contributed by atoms with E-state index in [1.807, 2.05) is 11.1 Å². The van der Waals surface area contributed by atoms with E-state index in [2.05, 4.69) is 10.3 Å². The molecule has 0 aromatic heterocycles. The quantitative estimate of drug-likeness (QED) is 0.514. The number of non-ortho nitro benzene ring substituents is 1. The zero-order chi connectivity index (χ0) is 16.9. The molecular formula is C17H18N4O3. The van der Waals surface area contributed by atoms with Gasteiger partial charge in [0.25, 0.3) is 5.69 Å². The number of benzene rings is 2. The molecule has 1 fully saturated rings. The lowest BCUT2D eigenvalue weighted by molar-refractivity contribution is -0.384. The molecule has 2 aromatic rings. The Morgan fingerprint density at radius 2 is 1.83 bits per heavy atom. The Balaban J connectivity index is 1.96. The van der Waals surface area contributed by atoms with Crippen molar-refractivity contribution in [3.63, 3.8) is 0 Å². The highest BCUT2D eigenvalue weighted by Crippen LogP contribution is 2.33. The largest absolute Gasteiger partial charge is 0.384 e. The second kappa shape index (κ2) is 7.18. The third-order valence-electron chi connectivity index (χ3n) is 3.99. The van der Waals surface area contributed by atoms with Gasteiger partial charge in [-0.3, -0.25) is 15.1 Å². The van der Waals surface area contributed by atoms with Crippen molar-refractivity contribution in [2.45, 2.75) is 18.9 Å². The van der Waals surface area contributed by atoms with E-state index in [4.69, 9.17) is 0 Å². The van der Waals surface area contributed by atoms with Gasteiger partial charge in [0, 0.05) is 30.8 Å². The van der Waals surface area contributed by atoms with Crippen LogP contribution in [0.1, 0.15) is 30.1 Å². The number of hydrogen-bond donors (Lipinski definition) is 1. The predicted molar refractivity (Wildman–Crippen MR) is 88.9 cm³/mol. The van der Waals surface area contributed by atoms with E-state index in [1.54, 1.807) is 24.3 Å². The molecule has 1 N–H and O–H groups in total. The fraction of sp³-hybridized carbons (Fsp3) is 0.294. The smallest absolute Gasteiger partial charge is 0.269 e. The van der Waals surface area contributed by atoms with Gasteiger partial charge in [-0.05, 0) is 24.5 Å². The monoisotopic (exact) mass is 326 g/mol. The van der Waals surface area contributed by atoms with E-state index >= 15 is 0 Å². The van der Waals surface area contributed by atoms with Crippen LogP contribution >= 0.6 is 0 Å². The Bertz CT molecular complexity index is 743. The lowest BCUT2D eigenvalue weighted by atomic mass is 9.99. The highest BCUT2D eigenvalue weighted by molar-refractivity contribution is 5.54. The first kappa shape index (κ1) is 16.1. The van der Waals surface area contributed by atoms with Crippen molar-refractivity contribution in [2.24, 2.45) is 10.3 Å². The van der Waals surface area contributed by atoms with Crippen LogP contribution in [-0.4, -0.2) is 28.1 Å². The summed E-state index contributed by atoms with van der Waals surface area (Å²) in [6, 6.07) is 13.3. The van der Waals surface area contributed by atoms with Gasteiger partial charge in [-0.2, -0.15) is 0 Å². The molecule has 3 rings (SSSR count). The number of hydrogen-bond acceptors (Lipinski definition) is 5. The number of aliphatic hydroxyl groups is 1. The van der Waals surface area contributed by atoms with Gasteiger partial charge < -0.3 is 5.11 Å². The molecule has 0 saturated carbocycles. The van der Waals surface area contributed by atoms with E-state index in [9.17, 15) is 15.2 Å². The molecule has 1 heterocycles. The lowest BCUT2D eigenvalue weighted by Gasteiger charge is -2.14. The average molecular weight is 326 g/mol. The molecule has 0 aliphatic carbocycles. The van der Waals surface area contributed by atoms with Crippen molar-refractivity contribution in [1.82, 2.24) is 5.01 Å². The molecule has 0 radical (unpaired) electrons. The van der Waals surface area contributed by atoms with Gasteiger partial charge in [-0.1, -0.05) is 35.6 Å². The molecule has 0 spiro atoms. The maximum absolute atomic E-state index is 11.1. The van der Waals surface area contributed by atoms with Gasteiger partial charge in [0.15, 0.2) is 0 Å². The molecule has 7 heteroatoms. The average Bonchev–Trinajstić information content (AvgIpc) is 3.13. The number of nitrogens with zero attached hydrogens (tertiary/aromatic N) is 4. The summed E-state index contributed by atoms with van der Waals surface area (Å²) >= 11 is 0. The third kappa shape index (κ3) is 3.57. The highest BCUT2D eigenvalue weighted by atomic mass is 16.6. The molecule has 1 atom stereocenters. The summed E-state index contributed by atoms with van der Waals surface area (Å²) in [6.45, 7) is 1.71. The zero-order valence-electron chi connectivity index (χ0n) is 13.1. The molecule has 124 valence electrons. The standard InChI is InChI=1S/C17H18N4O3/c22-17(13-6-2-1-3-7-13)15-12-14(21(23)24)8-9-16(15)18-19-20-10-4-5-11-20/h1-3,6-9,12,17,22H,4-5,10-11H2. The molecule has 1 aliphatic rings. The molecule has 7 nitrogen and oxygen atoms in total. The Kier molecular flexibility index (Phi) is 4.81. The summed E-state index contributed by atoms with van der Waals surface area (Å²) in [5, 5.41) is 31.9. The van der Waals surface area contributed by atoms with E-state index in [0.29, 0.717) is 16.8 Å². The summed E-state index contributed by atoms with van der Waals surface area (Å²) in [7, 11) is 0. The van der Waals surface area contributed by atoms with Crippen LogP contribution in [0.2, 0.25) is 0 Å². The highest BCUT2D eigenvalue weighted by Gasteiger charge is 2.19. The molecule has 1 saturated heterocycles. The summed E-state index contributed by atoms with van der Waals surface area (Å²) < 4.78 is 0. The van der Waals surface area contributed by atoms with E-state index in [0.717, 1.165) is 25.9 Å². The van der Waals surface area contributed by atoms with Crippen LogP contribution in [0.4, 0.5) is 11.4 Å². The Hall–Kier alpha value is -2.80. The number of nitro groups is 1. The maximum atomic E-state index is 11.1. The van der Waals surface area contributed by atoms with E-state index in [-0.39, 0.29) is 5.69 Å². The van der Waals surface area contributed by atoms with Crippen molar-refractivity contribution in [2.75, 3.05) is 13.1 Å². The van der Waals surface area contributed by atoms with Crippen LogP contribution in [0, 0.1) is 10.1 Å². The molecule has 1 aliphatic heterocycles. The minimum absolute atomic E-state index is 0.0832. The zero-order valence-corrected chi connectivity index (χ0v) is 13.1. The third-order valence-corrected chi connectivity index (χ3v) is 3.99. The van der Waals surface area contributed by atoms with Gasteiger partial charge in [0.2, 0.25) is 0 Å². The Labute approximate surface area is 139 Å². The minimum Gasteiger partial charge on any atom is -0.384 e. The van der Waals surface area contributed by atoms with Gasteiger partial charge in [-0.25, -0.2) is 0 Å². The van der Waals surface area contributed by atoms with Crippen LogP contribution in [-0.2, 0) is 0 Å². The number of aliphatic hydroxyl groups excluding tert-OH is 1. The number of nitro benzene ring substituents is 1. The van der Waals surface area contributed by atoms with Crippen molar-refractivity contribution in [1.29, 1.82) is 0 Å². The summed E-state index contributed by atoms with van der Waals surface area (Å²) in [5.41, 5.74) is 1.37. The normalized spacial score (nSPS) is 15.8. The molecule has 0 bridgehead atoms. The first-order valence-corrected chi connectivity index (χ1v) is 7.83. The van der Waals surface area contributed by atoms with Crippen molar-refractivity contribution < 1.29 is 10.0 Å². The molecule has 2 aromatic carbocycles. The summed E-state index contributed by atoms with van der Waals surface area (Å²) in [4.78, 5) is 10.6. The van der Waals surface area contributed by atoms with Crippen molar-refractivity contribution in [3.8, 4) is 0 Å². The molecular weight excluding hydrogens is 308 g/mol. The summed E-state index contributed by atoms with van der Waals surface area (Å²) in [5.74, 6) is 0. The second-order valence-corrected chi connectivity index (χ2v) is 5.66. The second-order valence-electron chi connectivity index (χ2n) is 5.66. The van der Waals surface area contributed by atoms with E-state index < -0.39 is 11.0 Å².